The Labute approximate surface area is 224 Å². The lowest BCUT2D eigenvalue weighted by Gasteiger charge is -2.32. The molecule has 0 atom stereocenters. The standard InChI is InChI=1S/C25H32N6O8/c32-23-5-4-21(31(38)39)15-20(23)16-26-7-11-28(18-24(33)34)13-9-27(17-22-3-1-2-6-30(22)37)10-14-29(12-8-26)19-25(35)36/h1-6,9,13,15,32H,7-8,10-12,14,16-19H2,(H,33,34)(H,35,36)/b13-9-. The topological polar surface area (TPSA) is 178 Å². The van der Waals surface area contributed by atoms with Gasteiger partial charge in [-0.3, -0.25) is 29.5 Å². The lowest BCUT2D eigenvalue weighted by Crippen LogP contribution is -2.44. The van der Waals surface area contributed by atoms with Gasteiger partial charge in [0.2, 0.25) is 5.69 Å². The van der Waals surface area contributed by atoms with Gasteiger partial charge in [0.05, 0.1) is 11.5 Å². The third-order valence-electron chi connectivity index (χ3n) is 6.26. The molecule has 1 aromatic heterocycles. The van der Waals surface area contributed by atoms with Crippen molar-refractivity contribution in [2.75, 3.05) is 52.4 Å². The molecular weight excluding hydrogens is 512 g/mol. The Morgan fingerprint density at radius 1 is 0.872 bits per heavy atom. The predicted octanol–water partition coefficient (Wildman–Crippen LogP) is 0.496. The number of nitrogens with zero attached hydrogens (tertiary/aromatic N) is 6. The molecule has 14 nitrogen and oxygen atoms in total. The minimum Gasteiger partial charge on any atom is -0.618 e. The van der Waals surface area contributed by atoms with Crippen molar-refractivity contribution in [2.24, 2.45) is 0 Å². The van der Waals surface area contributed by atoms with Crippen LogP contribution in [0.1, 0.15) is 11.3 Å². The number of aliphatic carboxylic acids is 2. The summed E-state index contributed by atoms with van der Waals surface area (Å²) >= 11 is 0. The number of phenols is 1. The van der Waals surface area contributed by atoms with E-state index in [2.05, 4.69) is 0 Å². The van der Waals surface area contributed by atoms with Crippen LogP contribution in [0.25, 0.3) is 0 Å². The zero-order valence-corrected chi connectivity index (χ0v) is 21.3. The smallest absolute Gasteiger partial charge is 0.323 e. The molecule has 0 bridgehead atoms. The number of non-ortho nitro benzene ring substituents is 1. The highest BCUT2D eigenvalue weighted by Crippen LogP contribution is 2.24. The van der Waals surface area contributed by atoms with Crippen LogP contribution in [-0.2, 0) is 22.7 Å². The van der Waals surface area contributed by atoms with Crippen LogP contribution < -0.4 is 4.73 Å². The summed E-state index contributed by atoms with van der Waals surface area (Å²) < 4.78 is 0.745. The van der Waals surface area contributed by atoms with Gasteiger partial charge >= 0.3 is 11.9 Å². The second kappa shape index (κ2) is 13.9. The summed E-state index contributed by atoms with van der Waals surface area (Å²) in [6.07, 6.45) is 4.70. The van der Waals surface area contributed by atoms with Crippen LogP contribution in [-0.4, -0.2) is 104 Å². The summed E-state index contributed by atoms with van der Waals surface area (Å²) in [5, 5.41) is 52.6. The molecule has 0 radical (unpaired) electrons. The number of pyridine rings is 1. The zero-order chi connectivity index (χ0) is 28.4. The van der Waals surface area contributed by atoms with E-state index in [4.69, 9.17) is 0 Å². The van der Waals surface area contributed by atoms with E-state index in [0.29, 0.717) is 44.0 Å². The maximum absolute atomic E-state index is 12.2. The molecule has 1 aromatic carbocycles. The SMILES string of the molecule is O=C(O)CN1/C=C\N(Cc2cccc[n+]2[O-])CCN(CC(=O)O)CCN(Cc2cc([N+](=O)[O-])ccc2O)CC1. The number of rotatable bonds is 9. The van der Waals surface area contributed by atoms with Crippen molar-refractivity contribution in [3.05, 3.63) is 81.6 Å². The molecule has 2 heterocycles. The molecule has 14 heteroatoms. The third-order valence-corrected chi connectivity index (χ3v) is 6.26. The Balaban J connectivity index is 1.86. The summed E-state index contributed by atoms with van der Waals surface area (Å²) in [7, 11) is 0. The largest absolute Gasteiger partial charge is 0.618 e. The zero-order valence-electron chi connectivity index (χ0n) is 21.3. The van der Waals surface area contributed by atoms with Crippen LogP contribution in [0.2, 0.25) is 0 Å². The number of carbonyl (C=O) groups is 2. The van der Waals surface area contributed by atoms with Gasteiger partial charge in [0.1, 0.15) is 18.8 Å². The van der Waals surface area contributed by atoms with Crippen molar-refractivity contribution in [3.63, 3.8) is 0 Å². The number of phenolic OH excluding ortho intramolecular Hbond substituents is 1. The highest BCUT2D eigenvalue weighted by atomic mass is 16.6. The first kappa shape index (κ1) is 29.1. The van der Waals surface area contributed by atoms with Crippen molar-refractivity contribution in [1.82, 2.24) is 19.6 Å². The van der Waals surface area contributed by atoms with E-state index in [9.17, 15) is 40.2 Å². The van der Waals surface area contributed by atoms with Crippen molar-refractivity contribution in [2.45, 2.75) is 13.1 Å². The maximum atomic E-state index is 12.2. The van der Waals surface area contributed by atoms with Gasteiger partial charge in [0.15, 0.2) is 6.20 Å². The Hall–Kier alpha value is -4.43. The molecule has 2 aromatic rings. The second-order valence-corrected chi connectivity index (χ2v) is 9.17. The highest BCUT2D eigenvalue weighted by molar-refractivity contribution is 5.69. The summed E-state index contributed by atoms with van der Waals surface area (Å²) in [6.45, 7) is 1.90. The van der Waals surface area contributed by atoms with Crippen LogP contribution in [0.15, 0.2) is 55.0 Å². The van der Waals surface area contributed by atoms with E-state index in [-0.39, 0.29) is 44.2 Å². The molecule has 210 valence electrons. The van der Waals surface area contributed by atoms with Crippen LogP contribution in [0, 0.1) is 15.3 Å². The molecule has 1 aliphatic rings. The van der Waals surface area contributed by atoms with Gasteiger partial charge in [0.25, 0.3) is 5.69 Å². The summed E-state index contributed by atoms with van der Waals surface area (Å²) in [6, 6.07) is 8.79. The van der Waals surface area contributed by atoms with E-state index in [1.807, 2.05) is 9.80 Å². The number of carboxylic acids is 2. The molecule has 3 N–H and O–H groups in total. The van der Waals surface area contributed by atoms with Crippen molar-refractivity contribution in [1.29, 1.82) is 0 Å². The van der Waals surface area contributed by atoms with Gasteiger partial charge in [-0.1, -0.05) is 0 Å². The number of nitro groups is 1. The first-order valence-electron chi connectivity index (χ1n) is 12.3. The van der Waals surface area contributed by atoms with Crippen LogP contribution >= 0.6 is 0 Å². The maximum Gasteiger partial charge on any atom is 0.323 e. The lowest BCUT2D eigenvalue weighted by atomic mass is 10.1. The fraction of sp³-hybridized carbons (Fsp3) is 0.400. The van der Waals surface area contributed by atoms with Gasteiger partial charge in [-0.2, -0.15) is 4.73 Å². The van der Waals surface area contributed by atoms with E-state index in [0.717, 1.165) is 4.73 Å². The molecule has 0 aliphatic carbocycles. The average Bonchev–Trinajstić information content (AvgIpc) is 2.87. The molecule has 0 spiro atoms. The number of hydrogen-bond acceptors (Lipinski definition) is 10. The first-order chi connectivity index (χ1) is 18.6. The van der Waals surface area contributed by atoms with Crippen molar-refractivity contribution in [3.8, 4) is 5.75 Å². The number of hydrogen-bond donors (Lipinski definition) is 3. The second-order valence-electron chi connectivity index (χ2n) is 9.17. The Kier molecular flexibility index (Phi) is 10.4. The quantitative estimate of drug-likeness (QED) is 0.173. The molecule has 0 amide bonds. The monoisotopic (exact) mass is 544 g/mol. The molecule has 0 fully saturated rings. The third kappa shape index (κ3) is 9.43. The van der Waals surface area contributed by atoms with Gasteiger partial charge in [-0.15, -0.1) is 0 Å². The minimum atomic E-state index is -1.03. The van der Waals surface area contributed by atoms with Gasteiger partial charge < -0.3 is 30.3 Å². The molecule has 39 heavy (non-hydrogen) atoms. The summed E-state index contributed by atoms with van der Waals surface area (Å²) in [4.78, 5) is 40.8. The number of aromatic nitrogens is 1. The molecule has 0 saturated heterocycles. The fourth-order valence-electron chi connectivity index (χ4n) is 4.18. The van der Waals surface area contributed by atoms with Crippen molar-refractivity contribution >= 4 is 17.6 Å². The molecule has 0 saturated carbocycles. The van der Waals surface area contributed by atoms with Gasteiger partial charge in [-0.05, 0) is 12.1 Å². The van der Waals surface area contributed by atoms with Crippen molar-refractivity contribution < 1.29 is 34.6 Å². The van der Waals surface area contributed by atoms with E-state index in [1.54, 1.807) is 40.4 Å². The summed E-state index contributed by atoms with van der Waals surface area (Å²) in [5.74, 6) is -2.14. The number of carboxylic acid groups (broad SMARTS) is 2. The number of benzene rings is 1. The van der Waals surface area contributed by atoms with Crippen LogP contribution in [0.4, 0.5) is 5.69 Å². The molecule has 1 aliphatic heterocycles. The van der Waals surface area contributed by atoms with Gasteiger partial charge in [-0.25, -0.2) is 0 Å². The predicted molar refractivity (Wildman–Crippen MR) is 138 cm³/mol. The normalized spacial score (nSPS) is 16.7. The van der Waals surface area contributed by atoms with E-state index >= 15 is 0 Å². The minimum absolute atomic E-state index is 0.108. The molecular formula is C25H32N6O8. The fourth-order valence-corrected chi connectivity index (χ4v) is 4.18. The van der Waals surface area contributed by atoms with E-state index < -0.39 is 16.9 Å². The number of aromatic hydroxyl groups is 1. The Morgan fingerprint density at radius 3 is 2.21 bits per heavy atom. The van der Waals surface area contributed by atoms with Crippen LogP contribution in [0.3, 0.4) is 0 Å². The Morgan fingerprint density at radius 2 is 1.51 bits per heavy atom. The Bertz CT molecular complexity index is 1190. The van der Waals surface area contributed by atoms with Gasteiger partial charge in [0, 0.05) is 88.0 Å². The highest BCUT2D eigenvalue weighted by Gasteiger charge is 2.19. The van der Waals surface area contributed by atoms with Crippen LogP contribution in [0.5, 0.6) is 5.75 Å². The summed E-state index contributed by atoms with van der Waals surface area (Å²) in [5.41, 5.74) is 0.645. The number of nitro benzene ring substituents is 1. The van der Waals surface area contributed by atoms with E-state index in [1.165, 1.54) is 24.4 Å². The lowest BCUT2D eigenvalue weighted by molar-refractivity contribution is -0.615. The first-order valence-corrected chi connectivity index (χ1v) is 12.3. The molecule has 3 rings (SSSR count). The molecule has 0 unspecified atom stereocenters. The average molecular weight is 545 g/mol.